The first kappa shape index (κ1) is 14.4. The first-order valence-electron chi connectivity index (χ1n) is 7.35. The van der Waals surface area contributed by atoms with Crippen LogP contribution in [0, 0.1) is 0 Å². The van der Waals surface area contributed by atoms with Crippen LogP contribution in [0.1, 0.15) is 37.3 Å². The van der Waals surface area contributed by atoms with E-state index < -0.39 is 0 Å². The lowest BCUT2D eigenvalue weighted by Crippen LogP contribution is -1.95. The summed E-state index contributed by atoms with van der Waals surface area (Å²) >= 11 is 0. The number of hydrogen-bond acceptors (Lipinski definition) is 1. The summed E-state index contributed by atoms with van der Waals surface area (Å²) in [5, 5.41) is 0. The number of benzene rings is 2. The minimum absolute atomic E-state index is 0.779. The molecular weight excluding hydrogens is 244 g/mol. The summed E-state index contributed by atoms with van der Waals surface area (Å²) in [4.78, 5) is 0. The standard InChI is InChI=1S/C19H22O/c1-2-3-10-15-20-19(18-13-8-5-9-14-18)16-17-11-6-4-7-12-17/h4-9,11-14,16H,2-3,10,15H2,1H3/b19-16+. The fourth-order valence-corrected chi connectivity index (χ4v) is 2.05. The summed E-state index contributed by atoms with van der Waals surface area (Å²) in [5.41, 5.74) is 2.30. The summed E-state index contributed by atoms with van der Waals surface area (Å²) in [6.45, 7) is 2.99. The van der Waals surface area contributed by atoms with Crippen LogP contribution in [0.15, 0.2) is 60.7 Å². The SMILES string of the molecule is CCCCCO/C(=C/c1ccccc1)c1ccccc1. The van der Waals surface area contributed by atoms with E-state index in [1.807, 2.05) is 36.4 Å². The Bertz CT molecular complexity index is 514. The second-order valence-corrected chi connectivity index (χ2v) is 4.84. The Hall–Kier alpha value is -2.02. The maximum atomic E-state index is 6.00. The molecule has 0 heterocycles. The summed E-state index contributed by atoms with van der Waals surface area (Å²) in [7, 11) is 0. The summed E-state index contributed by atoms with van der Waals surface area (Å²) in [6, 6.07) is 20.6. The van der Waals surface area contributed by atoms with Crippen LogP contribution in [0.2, 0.25) is 0 Å². The third kappa shape index (κ3) is 4.58. The number of ether oxygens (including phenoxy) is 1. The maximum absolute atomic E-state index is 6.00. The Kier molecular flexibility index (Phi) is 5.91. The molecule has 0 unspecified atom stereocenters. The lowest BCUT2D eigenvalue weighted by atomic mass is 10.1. The minimum Gasteiger partial charge on any atom is -0.493 e. The van der Waals surface area contributed by atoms with Gasteiger partial charge in [0.15, 0.2) is 0 Å². The quantitative estimate of drug-likeness (QED) is 0.371. The average Bonchev–Trinajstić information content (AvgIpc) is 2.52. The van der Waals surface area contributed by atoms with Gasteiger partial charge in [0, 0.05) is 5.56 Å². The van der Waals surface area contributed by atoms with Crippen LogP contribution in [-0.4, -0.2) is 6.61 Å². The summed E-state index contributed by atoms with van der Waals surface area (Å²) < 4.78 is 6.00. The first-order valence-corrected chi connectivity index (χ1v) is 7.35. The number of rotatable bonds is 7. The van der Waals surface area contributed by atoms with Crippen LogP contribution < -0.4 is 0 Å². The minimum atomic E-state index is 0.779. The second-order valence-electron chi connectivity index (χ2n) is 4.84. The van der Waals surface area contributed by atoms with Gasteiger partial charge in [-0.25, -0.2) is 0 Å². The van der Waals surface area contributed by atoms with Crippen LogP contribution in [-0.2, 0) is 4.74 Å². The predicted molar refractivity (Wildman–Crippen MR) is 86.2 cm³/mol. The molecular formula is C19H22O. The molecule has 0 amide bonds. The van der Waals surface area contributed by atoms with Crippen molar-refractivity contribution in [3.8, 4) is 0 Å². The van der Waals surface area contributed by atoms with E-state index in [1.54, 1.807) is 0 Å². The number of unbranched alkanes of at least 4 members (excludes halogenated alkanes) is 2. The van der Waals surface area contributed by atoms with E-state index in [0.29, 0.717) is 0 Å². The third-order valence-electron chi connectivity index (χ3n) is 3.16. The Morgan fingerprint density at radius 1 is 0.900 bits per heavy atom. The molecule has 2 aromatic rings. The zero-order valence-corrected chi connectivity index (χ0v) is 12.1. The van der Waals surface area contributed by atoms with Gasteiger partial charge in [-0.15, -0.1) is 0 Å². The molecule has 1 nitrogen and oxygen atoms in total. The molecule has 0 aliphatic carbocycles. The highest BCUT2D eigenvalue weighted by Crippen LogP contribution is 2.20. The van der Waals surface area contributed by atoms with Gasteiger partial charge < -0.3 is 4.74 Å². The van der Waals surface area contributed by atoms with Crippen LogP contribution in [0.25, 0.3) is 11.8 Å². The summed E-state index contributed by atoms with van der Waals surface area (Å²) in [6.07, 6.45) is 5.65. The highest BCUT2D eigenvalue weighted by Gasteiger charge is 2.02. The van der Waals surface area contributed by atoms with Crippen molar-refractivity contribution >= 4 is 11.8 Å². The average molecular weight is 266 g/mol. The van der Waals surface area contributed by atoms with Gasteiger partial charge in [-0.2, -0.15) is 0 Å². The molecule has 104 valence electrons. The molecule has 20 heavy (non-hydrogen) atoms. The molecule has 0 saturated heterocycles. The van der Waals surface area contributed by atoms with Gasteiger partial charge in [-0.05, 0) is 18.1 Å². The van der Waals surface area contributed by atoms with E-state index in [0.717, 1.165) is 24.4 Å². The molecule has 2 aromatic carbocycles. The van der Waals surface area contributed by atoms with Gasteiger partial charge in [0.1, 0.15) is 5.76 Å². The van der Waals surface area contributed by atoms with Crippen molar-refractivity contribution in [2.24, 2.45) is 0 Å². The Morgan fingerprint density at radius 3 is 2.20 bits per heavy atom. The van der Waals surface area contributed by atoms with E-state index in [2.05, 4.69) is 37.3 Å². The van der Waals surface area contributed by atoms with Crippen molar-refractivity contribution in [2.75, 3.05) is 6.61 Å². The molecule has 0 N–H and O–H groups in total. The van der Waals surface area contributed by atoms with Crippen molar-refractivity contribution in [1.29, 1.82) is 0 Å². The van der Waals surface area contributed by atoms with Gasteiger partial charge >= 0.3 is 0 Å². The fourth-order valence-electron chi connectivity index (χ4n) is 2.05. The lowest BCUT2D eigenvalue weighted by molar-refractivity contribution is 0.269. The van der Waals surface area contributed by atoms with Crippen LogP contribution in [0.3, 0.4) is 0 Å². The van der Waals surface area contributed by atoms with Crippen LogP contribution >= 0.6 is 0 Å². The third-order valence-corrected chi connectivity index (χ3v) is 3.16. The second kappa shape index (κ2) is 8.21. The van der Waals surface area contributed by atoms with Crippen molar-refractivity contribution in [3.63, 3.8) is 0 Å². The van der Waals surface area contributed by atoms with Crippen molar-refractivity contribution in [2.45, 2.75) is 26.2 Å². The van der Waals surface area contributed by atoms with E-state index in [1.165, 1.54) is 18.4 Å². The van der Waals surface area contributed by atoms with E-state index >= 15 is 0 Å². The Morgan fingerprint density at radius 2 is 1.55 bits per heavy atom. The molecule has 2 rings (SSSR count). The lowest BCUT2D eigenvalue weighted by Gasteiger charge is -2.11. The molecule has 0 saturated carbocycles. The normalized spacial score (nSPS) is 11.3. The van der Waals surface area contributed by atoms with E-state index in [-0.39, 0.29) is 0 Å². The zero-order valence-electron chi connectivity index (χ0n) is 12.1. The van der Waals surface area contributed by atoms with Gasteiger partial charge in [0.25, 0.3) is 0 Å². The highest BCUT2D eigenvalue weighted by atomic mass is 16.5. The fraction of sp³-hybridized carbons (Fsp3) is 0.263. The monoisotopic (exact) mass is 266 g/mol. The Balaban J connectivity index is 2.14. The first-order chi connectivity index (χ1) is 9.90. The zero-order chi connectivity index (χ0) is 14.0. The van der Waals surface area contributed by atoms with Crippen molar-refractivity contribution in [1.82, 2.24) is 0 Å². The molecule has 0 aromatic heterocycles. The molecule has 0 atom stereocenters. The van der Waals surface area contributed by atoms with E-state index in [9.17, 15) is 0 Å². The van der Waals surface area contributed by atoms with Crippen molar-refractivity contribution < 1.29 is 4.74 Å². The Labute approximate surface area is 121 Å². The molecule has 0 bridgehead atoms. The van der Waals surface area contributed by atoms with Crippen LogP contribution in [0.4, 0.5) is 0 Å². The molecule has 0 spiro atoms. The largest absolute Gasteiger partial charge is 0.493 e. The van der Waals surface area contributed by atoms with E-state index in [4.69, 9.17) is 4.74 Å². The van der Waals surface area contributed by atoms with Gasteiger partial charge in [0.2, 0.25) is 0 Å². The van der Waals surface area contributed by atoms with Gasteiger partial charge in [-0.3, -0.25) is 0 Å². The van der Waals surface area contributed by atoms with Gasteiger partial charge in [-0.1, -0.05) is 80.4 Å². The molecule has 0 fully saturated rings. The maximum Gasteiger partial charge on any atom is 0.127 e. The van der Waals surface area contributed by atoms with Crippen LogP contribution in [0.5, 0.6) is 0 Å². The van der Waals surface area contributed by atoms with Crippen molar-refractivity contribution in [3.05, 3.63) is 71.8 Å². The smallest absolute Gasteiger partial charge is 0.127 e. The molecule has 0 aliphatic heterocycles. The van der Waals surface area contributed by atoms with Gasteiger partial charge in [0.05, 0.1) is 6.61 Å². The number of hydrogen-bond donors (Lipinski definition) is 0. The topological polar surface area (TPSA) is 9.23 Å². The molecule has 1 heteroatoms. The summed E-state index contributed by atoms with van der Waals surface area (Å²) in [5.74, 6) is 0.952. The molecule has 0 radical (unpaired) electrons. The predicted octanol–water partition coefficient (Wildman–Crippen LogP) is 5.39. The highest BCUT2D eigenvalue weighted by molar-refractivity contribution is 5.77. The molecule has 0 aliphatic rings.